The molecule has 1 atom stereocenters. The fraction of sp³-hybridized carbons (Fsp3) is 0.286. The van der Waals surface area contributed by atoms with E-state index in [9.17, 15) is 8.42 Å². The predicted molar refractivity (Wildman–Crippen MR) is 74.6 cm³/mol. The molecule has 102 valence electrons. The third kappa shape index (κ3) is 3.94. The van der Waals surface area contributed by atoms with E-state index in [0.717, 1.165) is 17.0 Å². The molecular weight excluding hydrogens is 264 g/mol. The molecule has 0 fully saturated rings. The van der Waals surface area contributed by atoms with Crippen molar-refractivity contribution in [2.24, 2.45) is 0 Å². The Bertz CT molecular complexity index is 664. The zero-order valence-corrected chi connectivity index (χ0v) is 11.7. The van der Waals surface area contributed by atoms with Gasteiger partial charge in [0.25, 0.3) is 10.1 Å². The Morgan fingerprint density at radius 3 is 2.42 bits per heavy atom. The molecule has 0 aliphatic rings. The summed E-state index contributed by atoms with van der Waals surface area (Å²) in [4.78, 5) is 0. The fourth-order valence-corrected chi connectivity index (χ4v) is 2.32. The Kier molecular flexibility index (Phi) is 4.07. The summed E-state index contributed by atoms with van der Waals surface area (Å²) in [7, 11) is -3.52. The molecule has 2 aromatic carbocycles. The summed E-state index contributed by atoms with van der Waals surface area (Å²) >= 11 is 0. The highest BCUT2D eigenvalue weighted by molar-refractivity contribution is 7.86. The SMILES string of the molecule is CCC(Oc1ccc2ccccc2c1)OS(C)(=O)=O. The molecule has 0 saturated heterocycles. The van der Waals surface area contributed by atoms with Crippen LogP contribution >= 0.6 is 0 Å². The summed E-state index contributed by atoms with van der Waals surface area (Å²) in [6.07, 6.45) is 0.662. The minimum atomic E-state index is -3.52. The van der Waals surface area contributed by atoms with Crippen LogP contribution in [0.1, 0.15) is 13.3 Å². The minimum Gasteiger partial charge on any atom is -0.464 e. The van der Waals surface area contributed by atoms with E-state index in [0.29, 0.717) is 12.2 Å². The number of benzene rings is 2. The van der Waals surface area contributed by atoms with Gasteiger partial charge in [-0.1, -0.05) is 37.3 Å². The second-order valence-corrected chi connectivity index (χ2v) is 5.87. The highest BCUT2D eigenvalue weighted by Crippen LogP contribution is 2.22. The zero-order valence-electron chi connectivity index (χ0n) is 10.9. The largest absolute Gasteiger partial charge is 0.464 e. The monoisotopic (exact) mass is 280 g/mol. The first kappa shape index (κ1) is 13.8. The maximum Gasteiger partial charge on any atom is 0.267 e. The van der Waals surface area contributed by atoms with E-state index in [4.69, 9.17) is 8.92 Å². The van der Waals surface area contributed by atoms with E-state index >= 15 is 0 Å². The van der Waals surface area contributed by atoms with Crippen molar-refractivity contribution >= 4 is 20.9 Å². The molecule has 19 heavy (non-hydrogen) atoms. The van der Waals surface area contributed by atoms with Crippen molar-refractivity contribution in [3.05, 3.63) is 42.5 Å². The van der Waals surface area contributed by atoms with Crippen LogP contribution in [0.15, 0.2) is 42.5 Å². The fourth-order valence-electron chi connectivity index (χ4n) is 1.76. The molecule has 4 nitrogen and oxygen atoms in total. The van der Waals surface area contributed by atoms with Gasteiger partial charge in [-0.05, 0) is 22.9 Å². The lowest BCUT2D eigenvalue weighted by molar-refractivity contribution is 0.00984. The first-order chi connectivity index (χ1) is 8.98. The van der Waals surface area contributed by atoms with Gasteiger partial charge >= 0.3 is 0 Å². The number of hydrogen-bond acceptors (Lipinski definition) is 4. The molecule has 0 heterocycles. The van der Waals surface area contributed by atoms with Crippen molar-refractivity contribution in [2.75, 3.05) is 6.26 Å². The quantitative estimate of drug-likeness (QED) is 0.624. The van der Waals surface area contributed by atoms with Gasteiger partial charge in [0.05, 0.1) is 6.26 Å². The van der Waals surface area contributed by atoms with E-state index in [2.05, 4.69) is 0 Å². The van der Waals surface area contributed by atoms with Crippen molar-refractivity contribution in [2.45, 2.75) is 19.6 Å². The Labute approximate surface area is 113 Å². The van der Waals surface area contributed by atoms with Crippen LogP contribution in [0.25, 0.3) is 10.8 Å². The molecule has 0 amide bonds. The van der Waals surface area contributed by atoms with Gasteiger partial charge in [0.1, 0.15) is 5.75 Å². The molecule has 2 rings (SSSR count). The number of ether oxygens (including phenoxy) is 1. The number of fused-ring (bicyclic) bond motifs is 1. The highest BCUT2D eigenvalue weighted by atomic mass is 32.2. The Morgan fingerprint density at radius 1 is 1.11 bits per heavy atom. The normalized spacial score (nSPS) is 13.4. The smallest absolute Gasteiger partial charge is 0.267 e. The van der Waals surface area contributed by atoms with Crippen molar-refractivity contribution in [1.82, 2.24) is 0 Å². The molecule has 0 N–H and O–H groups in total. The predicted octanol–water partition coefficient (Wildman–Crippen LogP) is 2.93. The molecule has 0 aromatic heterocycles. The minimum absolute atomic E-state index is 0.444. The molecule has 1 unspecified atom stereocenters. The Hall–Kier alpha value is -1.59. The average molecular weight is 280 g/mol. The summed E-state index contributed by atoms with van der Waals surface area (Å²) in [5.74, 6) is 0.592. The van der Waals surface area contributed by atoms with Crippen molar-refractivity contribution in [1.29, 1.82) is 0 Å². The maximum atomic E-state index is 11.1. The molecule has 2 aromatic rings. The van der Waals surface area contributed by atoms with Crippen LogP contribution in [0.2, 0.25) is 0 Å². The van der Waals surface area contributed by atoms with Gasteiger partial charge in [0, 0.05) is 6.42 Å². The third-order valence-corrected chi connectivity index (χ3v) is 3.17. The van der Waals surface area contributed by atoms with Crippen LogP contribution < -0.4 is 4.74 Å². The van der Waals surface area contributed by atoms with Gasteiger partial charge in [-0.3, -0.25) is 0 Å². The summed E-state index contributed by atoms with van der Waals surface area (Å²) in [5.41, 5.74) is 0. The standard InChI is InChI=1S/C14H16O4S/c1-3-14(18-19(2,15)16)17-13-9-8-11-6-4-5-7-12(11)10-13/h4-10,14H,3H2,1-2H3. The lowest BCUT2D eigenvalue weighted by Crippen LogP contribution is -2.22. The molecule has 0 bridgehead atoms. The zero-order chi connectivity index (χ0) is 13.9. The van der Waals surface area contributed by atoms with Gasteiger partial charge in [0.2, 0.25) is 6.29 Å². The van der Waals surface area contributed by atoms with Crippen LogP contribution in [-0.2, 0) is 14.3 Å². The summed E-state index contributed by atoms with van der Waals surface area (Å²) in [5, 5.41) is 2.14. The third-order valence-electron chi connectivity index (χ3n) is 2.60. The van der Waals surface area contributed by atoms with Crippen LogP contribution in [0.5, 0.6) is 5.75 Å². The van der Waals surface area contributed by atoms with E-state index < -0.39 is 16.4 Å². The second-order valence-electron chi connectivity index (χ2n) is 4.26. The number of rotatable bonds is 5. The summed E-state index contributed by atoms with van der Waals surface area (Å²) < 4.78 is 32.6. The van der Waals surface area contributed by atoms with Gasteiger partial charge < -0.3 is 4.74 Å². The molecular formula is C14H16O4S. The maximum absolute atomic E-state index is 11.1. The summed E-state index contributed by atoms with van der Waals surface area (Å²) in [6, 6.07) is 13.5. The average Bonchev–Trinajstić information content (AvgIpc) is 2.36. The van der Waals surface area contributed by atoms with E-state index in [1.165, 1.54) is 0 Å². The van der Waals surface area contributed by atoms with E-state index in [1.54, 1.807) is 13.0 Å². The molecule has 0 radical (unpaired) electrons. The van der Waals surface area contributed by atoms with Crippen LogP contribution in [-0.4, -0.2) is 21.0 Å². The van der Waals surface area contributed by atoms with Gasteiger partial charge in [-0.2, -0.15) is 8.42 Å². The van der Waals surface area contributed by atoms with Crippen molar-refractivity contribution in [3.8, 4) is 5.75 Å². The van der Waals surface area contributed by atoms with Crippen molar-refractivity contribution in [3.63, 3.8) is 0 Å². The summed E-state index contributed by atoms with van der Waals surface area (Å²) in [6.45, 7) is 1.80. The highest BCUT2D eigenvalue weighted by Gasteiger charge is 2.15. The molecule has 0 saturated carbocycles. The van der Waals surface area contributed by atoms with Gasteiger partial charge in [-0.25, -0.2) is 4.18 Å². The Morgan fingerprint density at radius 2 is 1.79 bits per heavy atom. The lowest BCUT2D eigenvalue weighted by atomic mass is 10.1. The van der Waals surface area contributed by atoms with Crippen LogP contribution in [0.3, 0.4) is 0 Å². The topological polar surface area (TPSA) is 52.6 Å². The van der Waals surface area contributed by atoms with Crippen molar-refractivity contribution < 1.29 is 17.3 Å². The van der Waals surface area contributed by atoms with Gasteiger partial charge in [-0.15, -0.1) is 0 Å². The molecule has 0 spiro atoms. The first-order valence-corrected chi connectivity index (χ1v) is 7.83. The number of hydrogen-bond donors (Lipinski definition) is 0. The molecule has 0 aliphatic heterocycles. The Balaban J connectivity index is 2.20. The van der Waals surface area contributed by atoms with Gasteiger partial charge in [0.15, 0.2) is 0 Å². The lowest BCUT2D eigenvalue weighted by Gasteiger charge is -2.16. The first-order valence-electron chi connectivity index (χ1n) is 6.01. The van der Waals surface area contributed by atoms with Crippen LogP contribution in [0.4, 0.5) is 0 Å². The van der Waals surface area contributed by atoms with E-state index in [1.807, 2.05) is 36.4 Å². The second kappa shape index (κ2) is 5.59. The van der Waals surface area contributed by atoms with E-state index in [-0.39, 0.29) is 0 Å². The molecule has 5 heteroatoms. The van der Waals surface area contributed by atoms with Crippen LogP contribution in [0, 0.1) is 0 Å². The molecule has 0 aliphatic carbocycles.